The molecule has 0 aromatic carbocycles. The maximum absolute atomic E-state index is 3.67. The zero-order chi connectivity index (χ0) is 12.3. The van der Waals surface area contributed by atoms with E-state index >= 15 is 0 Å². The van der Waals surface area contributed by atoms with Crippen LogP contribution >= 0.6 is 0 Å². The van der Waals surface area contributed by atoms with E-state index in [9.17, 15) is 0 Å². The molecule has 1 aliphatic heterocycles. The van der Waals surface area contributed by atoms with Crippen LogP contribution in [0.25, 0.3) is 0 Å². The largest absolute Gasteiger partial charge is 0.314 e. The number of hydrogen-bond donors (Lipinski definition) is 1. The Morgan fingerprint density at radius 3 is 2.17 bits per heavy atom. The average molecular weight is 248 g/mol. The van der Waals surface area contributed by atoms with Crippen LogP contribution in [0.2, 0.25) is 0 Å². The summed E-state index contributed by atoms with van der Waals surface area (Å²) >= 11 is 0. The van der Waals surface area contributed by atoms with Gasteiger partial charge in [-0.15, -0.1) is 0 Å². The van der Waals surface area contributed by atoms with Crippen molar-refractivity contribution in [3.8, 4) is 0 Å². The molecule has 102 valence electrons. The number of likely N-dealkylation sites (N-methyl/N-ethyl adjacent to an activating group) is 1. The second kappa shape index (κ2) is 3.96. The first-order chi connectivity index (χ1) is 8.67. The Balaban J connectivity index is 1.64. The van der Waals surface area contributed by atoms with E-state index in [0.717, 1.165) is 29.6 Å². The Labute approximate surface area is 111 Å². The van der Waals surface area contributed by atoms with Crippen molar-refractivity contribution >= 4 is 0 Å². The minimum Gasteiger partial charge on any atom is -0.314 e. The predicted octanol–water partition coefficient (Wildman–Crippen LogP) is 2.35. The van der Waals surface area contributed by atoms with Crippen molar-refractivity contribution in [1.29, 1.82) is 0 Å². The van der Waals surface area contributed by atoms with Gasteiger partial charge in [-0.2, -0.15) is 0 Å². The fourth-order valence-electron chi connectivity index (χ4n) is 6.29. The highest BCUT2D eigenvalue weighted by atomic mass is 15.2. The van der Waals surface area contributed by atoms with E-state index in [1.165, 1.54) is 19.6 Å². The highest BCUT2D eigenvalue weighted by Gasteiger charge is 2.55. The quantitative estimate of drug-likeness (QED) is 0.766. The Kier molecular flexibility index (Phi) is 2.58. The summed E-state index contributed by atoms with van der Waals surface area (Å²) in [6.07, 6.45) is 7.80. The molecule has 0 spiro atoms. The zero-order valence-corrected chi connectivity index (χ0v) is 12.0. The zero-order valence-electron chi connectivity index (χ0n) is 12.0. The van der Waals surface area contributed by atoms with Crippen LogP contribution in [-0.4, -0.2) is 37.1 Å². The molecule has 1 heterocycles. The summed E-state index contributed by atoms with van der Waals surface area (Å²) in [7, 11) is 2.37. The summed E-state index contributed by atoms with van der Waals surface area (Å²) in [5, 5.41) is 3.67. The smallest absolute Gasteiger partial charge is 0.0336 e. The normalized spacial score (nSPS) is 56.0. The third-order valence-electron chi connectivity index (χ3n) is 6.92. The molecule has 4 aliphatic carbocycles. The minimum absolute atomic E-state index is 0.431. The molecule has 5 rings (SSSR count). The van der Waals surface area contributed by atoms with Gasteiger partial charge in [-0.3, -0.25) is 4.90 Å². The van der Waals surface area contributed by atoms with Gasteiger partial charge in [0.05, 0.1) is 0 Å². The van der Waals surface area contributed by atoms with E-state index in [0.29, 0.717) is 5.54 Å². The van der Waals surface area contributed by atoms with Crippen LogP contribution in [0.4, 0.5) is 0 Å². The van der Waals surface area contributed by atoms with Crippen molar-refractivity contribution in [2.75, 3.05) is 26.7 Å². The topological polar surface area (TPSA) is 15.3 Å². The van der Waals surface area contributed by atoms with Gasteiger partial charge in [0.2, 0.25) is 0 Å². The van der Waals surface area contributed by atoms with E-state index in [1.807, 2.05) is 0 Å². The van der Waals surface area contributed by atoms with Gasteiger partial charge in [0.15, 0.2) is 0 Å². The number of hydrogen-bond acceptors (Lipinski definition) is 2. The summed E-state index contributed by atoms with van der Waals surface area (Å²) in [6, 6.07) is 0. The van der Waals surface area contributed by atoms with E-state index < -0.39 is 0 Å². The molecule has 1 saturated heterocycles. The van der Waals surface area contributed by atoms with Crippen LogP contribution in [0.3, 0.4) is 0 Å². The van der Waals surface area contributed by atoms with E-state index in [-0.39, 0.29) is 0 Å². The van der Waals surface area contributed by atoms with Crippen LogP contribution in [0.5, 0.6) is 0 Å². The van der Waals surface area contributed by atoms with Crippen LogP contribution in [0, 0.1) is 29.6 Å². The summed E-state index contributed by atoms with van der Waals surface area (Å²) in [4.78, 5) is 2.68. The Morgan fingerprint density at radius 1 is 1.00 bits per heavy atom. The third kappa shape index (κ3) is 1.54. The molecule has 1 unspecified atom stereocenters. The molecule has 0 radical (unpaired) electrons. The number of piperazine rings is 1. The van der Waals surface area contributed by atoms with Crippen LogP contribution in [0.1, 0.15) is 39.0 Å². The van der Waals surface area contributed by atoms with E-state index in [1.54, 1.807) is 32.1 Å². The predicted molar refractivity (Wildman–Crippen MR) is 74.4 cm³/mol. The van der Waals surface area contributed by atoms with Crippen LogP contribution < -0.4 is 5.32 Å². The van der Waals surface area contributed by atoms with Crippen molar-refractivity contribution in [2.45, 2.75) is 44.6 Å². The molecular formula is C16H28N2. The number of nitrogens with zero attached hydrogens (tertiary/aromatic N) is 1. The van der Waals surface area contributed by atoms with Gasteiger partial charge in [-0.25, -0.2) is 0 Å². The molecule has 2 nitrogen and oxygen atoms in total. The van der Waals surface area contributed by atoms with Crippen LogP contribution in [0.15, 0.2) is 0 Å². The molecule has 1 N–H and O–H groups in total. The van der Waals surface area contributed by atoms with Gasteiger partial charge < -0.3 is 5.32 Å². The molecule has 2 heteroatoms. The van der Waals surface area contributed by atoms with E-state index in [4.69, 9.17) is 0 Å². The van der Waals surface area contributed by atoms with Gasteiger partial charge in [0, 0.05) is 25.2 Å². The van der Waals surface area contributed by atoms with Crippen molar-refractivity contribution < 1.29 is 0 Å². The van der Waals surface area contributed by atoms with Crippen molar-refractivity contribution in [1.82, 2.24) is 10.2 Å². The molecule has 0 aromatic rings. The second-order valence-electron chi connectivity index (χ2n) is 7.91. The lowest BCUT2D eigenvalue weighted by molar-refractivity contribution is -0.109. The van der Waals surface area contributed by atoms with Gasteiger partial charge >= 0.3 is 0 Å². The first-order valence-corrected chi connectivity index (χ1v) is 8.09. The highest BCUT2D eigenvalue weighted by Crippen LogP contribution is 2.59. The van der Waals surface area contributed by atoms with Crippen molar-refractivity contribution in [3.05, 3.63) is 0 Å². The SMILES string of the molecule is CN1CCNCC1(C)C1C2CC3CC(C2)CC1C3. The monoisotopic (exact) mass is 248 g/mol. The lowest BCUT2D eigenvalue weighted by atomic mass is 9.48. The Morgan fingerprint density at radius 2 is 1.61 bits per heavy atom. The molecule has 1 atom stereocenters. The fraction of sp³-hybridized carbons (Fsp3) is 1.00. The van der Waals surface area contributed by atoms with Crippen molar-refractivity contribution in [3.63, 3.8) is 0 Å². The van der Waals surface area contributed by atoms with Gasteiger partial charge in [-0.05, 0) is 75.7 Å². The number of nitrogens with one attached hydrogen (secondary N) is 1. The maximum atomic E-state index is 3.67. The first kappa shape index (κ1) is 11.7. The third-order valence-corrected chi connectivity index (χ3v) is 6.92. The number of rotatable bonds is 1. The minimum atomic E-state index is 0.431. The van der Waals surface area contributed by atoms with Crippen molar-refractivity contribution in [2.24, 2.45) is 29.6 Å². The van der Waals surface area contributed by atoms with Gasteiger partial charge in [-0.1, -0.05) is 0 Å². The Hall–Kier alpha value is -0.0800. The Bertz CT molecular complexity index is 312. The fourth-order valence-corrected chi connectivity index (χ4v) is 6.29. The lowest BCUT2D eigenvalue weighted by Gasteiger charge is -2.62. The van der Waals surface area contributed by atoms with E-state index in [2.05, 4.69) is 24.2 Å². The molecule has 18 heavy (non-hydrogen) atoms. The molecular weight excluding hydrogens is 220 g/mol. The summed E-state index contributed by atoms with van der Waals surface area (Å²) in [5.74, 6) is 5.29. The molecule has 0 aromatic heterocycles. The lowest BCUT2D eigenvalue weighted by Crippen LogP contribution is -2.66. The summed E-state index contributed by atoms with van der Waals surface area (Å²) in [5.41, 5.74) is 0.431. The molecule has 0 amide bonds. The summed E-state index contributed by atoms with van der Waals surface area (Å²) < 4.78 is 0. The summed E-state index contributed by atoms with van der Waals surface area (Å²) in [6.45, 7) is 6.18. The molecule has 5 fully saturated rings. The highest BCUT2D eigenvalue weighted by molar-refractivity contribution is 5.08. The molecule has 4 saturated carbocycles. The average Bonchev–Trinajstić information content (AvgIpc) is 2.31. The first-order valence-electron chi connectivity index (χ1n) is 8.09. The standard InChI is InChI=1S/C16H28N2/c1-16(10-17-3-4-18(16)2)15-13-6-11-5-12(8-13)9-14(15)7-11/h11-15,17H,3-10H2,1-2H3. The second-order valence-corrected chi connectivity index (χ2v) is 7.91. The maximum Gasteiger partial charge on any atom is 0.0336 e. The molecule has 4 bridgehead atoms. The van der Waals surface area contributed by atoms with Gasteiger partial charge in [0.25, 0.3) is 0 Å². The van der Waals surface area contributed by atoms with Crippen LogP contribution in [-0.2, 0) is 0 Å². The van der Waals surface area contributed by atoms with Gasteiger partial charge in [0.1, 0.15) is 0 Å². The molecule has 5 aliphatic rings.